The predicted octanol–water partition coefficient (Wildman–Crippen LogP) is -2.72. The third-order valence-electron chi connectivity index (χ3n) is 1.96. The lowest BCUT2D eigenvalue weighted by Gasteiger charge is -2.17. The van der Waals surface area contributed by atoms with Crippen LogP contribution in [0.2, 0.25) is 0 Å². The van der Waals surface area contributed by atoms with Gasteiger partial charge in [-0.15, -0.1) is 10.2 Å². The number of hydrogen-bond donors (Lipinski definition) is 0. The van der Waals surface area contributed by atoms with Crippen LogP contribution in [0, 0.1) is 17.2 Å². The van der Waals surface area contributed by atoms with Crippen molar-refractivity contribution in [3.8, 4) is 0 Å². The molecule has 0 aliphatic heterocycles. The highest BCUT2D eigenvalue weighted by molar-refractivity contribution is 7.18. The van der Waals surface area contributed by atoms with Crippen LogP contribution in [0.1, 0.15) is 5.01 Å². The summed E-state index contributed by atoms with van der Waals surface area (Å²) in [6, 6.07) is 8.47. The molecule has 7 heteroatoms. The molecule has 2 aromatic rings. The number of fused-ring (bicyclic) bond motifs is 1. The van der Waals surface area contributed by atoms with Crippen molar-refractivity contribution in [2.45, 2.75) is 6.92 Å². The van der Waals surface area contributed by atoms with E-state index in [1.54, 1.807) is 0 Å². The maximum atomic E-state index is 8.49. The number of hydrogen-bond acceptors (Lipinski definition) is 5. The first kappa shape index (κ1) is 13.3. The highest BCUT2D eigenvalue weighted by atomic mass is 35.7. The monoisotopic (exact) mass is 263 g/mol. The molecule has 0 atom stereocenters. The van der Waals surface area contributed by atoms with Gasteiger partial charge in [0.05, 0.1) is 0 Å². The molecule has 0 bridgehead atoms. The van der Waals surface area contributed by atoms with Crippen molar-refractivity contribution in [1.29, 1.82) is 0 Å². The Morgan fingerprint density at radius 1 is 1.12 bits per heavy atom. The summed E-state index contributed by atoms with van der Waals surface area (Å²) in [7, 11) is -2.84. The minimum Gasteiger partial charge on any atom is -0.222 e. The molecular formula is C9H10ClNO4S. The molecule has 0 spiro atoms. The Kier molecular flexibility index (Phi) is 4.20. The van der Waals surface area contributed by atoms with Crippen molar-refractivity contribution in [1.82, 2.24) is 0 Å². The molecular weight excluding hydrogens is 254 g/mol. The van der Waals surface area contributed by atoms with Crippen molar-refractivity contribution < 1.29 is 33.4 Å². The molecule has 88 valence electrons. The quantitative estimate of drug-likeness (QED) is 0.483. The second kappa shape index (κ2) is 5.05. The molecule has 1 aromatic carbocycles. The highest BCUT2D eigenvalue weighted by Crippen LogP contribution is 2.17. The van der Waals surface area contributed by atoms with Gasteiger partial charge in [0.2, 0.25) is 10.5 Å². The van der Waals surface area contributed by atoms with E-state index in [0.717, 1.165) is 0 Å². The zero-order valence-corrected chi connectivity index (χ0v) is 10.2. The van der Waals surface area contributed by atoms with E-state index in [2.05, 4.69) is 42.8 Å². The summed E-state index contributed by atoms with van der Waals surface area (Å²) in [5.74, 6) is 0. The van der Waals surface area contributed by atoms with Crippen LogP contribution in [0.3, 0.4) is 0 Å². The molecule has 1 aromatic heterocycles. The largest absolute Gasteiger partial charge is 0.234 e. The number of para-hydroxylation sites is 1. The lowest BCUT2D eigenvalue weighted by atomic mass is 10.3. The zero-order valence-electron chi connectivity index (χ0n) is 8.68. The minimum atomic E-state index is -4.94. The summed E-state index contributed by atoms with van der Waals surface area (Å²) >= 11 is 1.84. The van der Waals surface area contributed by atoms with E-state index in [-0.39, 0.29) is 0 Å². The summed E-state index contributed by atoms with van der Waals surface area (Å²) < 4.78 is 37.6. The summed E-state index contributed by atoms with van der Waals surface area (Å²) in [6.07, 6.45) is 0. The van der Waals surface area contributed by atoms with Gasteiger partial charge in [0.1, 0.15) is 11.7 Å². The number of benzene rings is 1. The van der Waals surface area contributed by atoms with Crippen LogP contribution in [0.25, 0.3) is 10.2 Å². The van der Waals surface area contributed by atoms with Crippen LogP contribution >= 0.6 is 11.3 Å². The van der Waals surface area contributed by atoms with E-state index in [1.807, 2.05) is 11.3 Å². The van der Waals surface area contributed by atoms with Crippen molar-refractivity contribution in [2.24, 2.45) is 7.05 Å². The Morgan fingerprint density at radius 2 is 1.62 bits per heavy atom. The van der Waals surface area contributed by atoms with Gasteiger partial charge in [-0.1, -0.05) is 23.5 Å². The third-order valence-corrected chi connectivity index (χ3v) is 3.09. The predicted molar refractivity (Wildman–Crippen MR) is 47.7 cm³/mol. The van der Waals surface area contributed by atoms with E-state index in [4.69, 9.17) is 18.6 Å². The summed E-state index contributed by atoms with van der Waals surface area (Å²) in [5, 5.41) is 1.35. The van der Waals surface area contributed by atoms with E-state index in [0.29, 0.717) is 0 Å². The number of rotatable bonds is 0. The van der Waals surface area contributed by atoms with Crippen LogP contribution in [0.15, 0.2) is 24.3 Å². The van der Waals surface area contributed by atoms with Crippen LogP contribution < -0.4 is 23.2 Å². The maximum Gasteiger partial charge on any atom is 0.234 e. The Bertz CT molecular complexity index is 474. The second-order valence-corrected chi connectivity index (χ2v) is 5.02. The molecule has 2 rings (SSSR count). The molecule has 0 saturated carbocycles. The van der Waals surface area contributed by atoms with Crippen LogP contribution in [-0.2, 0) is 7.05 Å². The van der Waals surface area contributed by atoms with E-state index in [1.165, 1.54) is 15.2 Å². The average Bonchev–Trinajstić information content (AvgIpc) is 2.41. The first-order valence-corrected chi connectivity index (χ1v) is 6.30. The first-order valence-electron chi connectivity index (χ1n) is 4.25. The topological polar surface area (TPSA) is 96.1 Å². The van der Waals surface area contributed by atoms with Crippen molar-refractivity contribution >= 4 is 21.6 Å². The lowest BCUT2D eigenvalue weighted by molar-refractivity contribution is -2.00. The Labute approximate surface area is 98.6 Å². The molecule has 0 amide bonds. The zero-order chi connectivity index (χ0) is 12.3. The Hall–Kier alpha value is -0.760. The molecule has 0 aliphatic carbocycles. The molecule has 16 heavy (non-hydrogen) atoms. The molecule has 0 unspecified atom stereocenters. The van der Waals surface area contributed by atoms with Gasteiger partial charge >= 0.3 is 0 Å². The van der Waals surface area contributed by atoms with Gasteiger partial charge < -0.3 is 0 Å². The fourth-order valence-electron chi connectivity index (χ4n) is 1.22. The van der Waals surface area contributed by atoms with Gasteiger partial charge in [-0.2, -0.15) is 4.57 Å². The van der Waals surface area contributed by atoms with Crippen molar-refractivity contribution in [2.75, 3.05) is 0 Å². The summed E-state index contributed by atoms with van der Waals surface area (Å²) in [6.45, 7) is 2.14. The number of aryl methyl sites for hydroxylation is 2. The fraction of sp³-hybridized carbons (Fsp3) is 0.222. The lowest BCUT2D eigenvalue weighted by Crippen LogP contribution is -2.68. The first-order chi connectivity index (χ1) is 7.29. The molecule has 1 heterocycles. The van der Waals surface area contributed by atoms with Crippen LogP contribution in [0.4, 0.5) is 0 Å². The summed E-state index contributed by atoms with van der Waals surface area (Å²) in [5.41, 5.74) is 1.33. The molecule has 5 nitrogen and oxygen atoms in total. The fourth-order valence-corrected chi connectivity index (χ4v) is 2.23. The average molecular weight is 264 g/mol. The molecule has 0 fully saturated rings. The van der Waals surface area contributed by atoms with Crippen LogP contribution in [0.5, 0.6) is 0 Å². The Balaban J connectivity index is 0.000000221. The molecule has 0 N–H and O–H groups in total. The van der Waals surface area contributed by atoms with Crippen LogP contribution in [-0.4, -0.2) is 0 Å². The van der Waals surface area contributed by atoms with Gasteiger partial charge in [0.15, 0.2) is 0 Å². The summed E-state index contributed by atoms with van der Waals surface area (Å²) in [4.78, 5) is 0. The Morgan fingerprint density at radius 3 is 2.12 bits per heavy atom. The molecule has 0 radical (unpaired) electrons. The smallest absolute Gasteiger partial charge is 0.222 e. The van der Waals surface area contributed by atoms with Gasteiger partial charge in [-0.05, 0) is 6.07 Å². The second-order valence-electron chi connectivity index (χ2n) is 3.03. The number of thiazole rings is 1. The number of aromatic nitrogens is 1. The van der Waals surface area contributed by atoms with Gasteiger partial charge in [0, 0.05) is 13.0 Å². The standard InChI is InChI=1S/C9H10NS.ClHO4/c1-7-10(2)8-5-3-4-6-9(8)11-7;2-1(3,4)5/h3-6H,1-2H3;(H,2,3,4,5)/q+1;/p-1. The van der Waals surface area contributed by atoms with E-state index >= 15 is 0 Å². The number of halogens is 1. The minimum absolute atomic E-state index is 1.33. The maximum absolute atomic E-state index is 8.49. The van der Waals surface area contributed by atoms with Crippen molar-refractivity contribution in [3.05, 3.63) is 29.3 Å². The van der Waals surface area contributed by atoms with E-state index in [9.17, 15) is 0 Å². The normalized spacial score (nSPS) is 11.1. The SMILES string of the molecule is Cc1sc2ccccc2[n+]1C.[O-][Cl+3]([O-])([O-])[O-]. The third kappa shape index (κ3) is 4.01. The van der Waals surface area contributed by atoms with E-state index < -0.39 is 10.2 Å². The number of nitrogens with zero attached hydrogens (tertiary/aromatic N) is 1. The van der Waals surface area contributed by atoms with Crippen molar-refractivity contribution in [3.63, 3.8) is 0 Å². The molecule has 0 aliphatic rings. The van der Waals surface area contributed by atoms with Gasteiger partial charge in [-0.3, -0.25) is 0 Å². The van der Waals surface area contributed by atoms with Gasteiger partial charge in [-0.25, -0.2) is 18.6 Å². The highest BCUT2D eigenvalue weighted by Gasteiger charge is 2.10. The van der Waals surface area contributed by atoms with Gasteiger partial charge in [0.25, 0.3) is 0 Å². The molecule has 0 saturated heterocycles.